The SMILES string of the molecule is O=C(C1CCCCC1)N1CCc2c(nc([C@H]3CCCCN3C(=O)[C@H]3CCCO3)[nH]c2=O)C1. The number of aromatic nitrogens is 2. The number of nitrogens with one attached hydrogen (secondary N) is 1. The molecule has 1 N–H and O–H groups in total. The highest BCUT2D eigenvalue weighted by atomic mass is 16.5. The van der Waals surface area contributed by atoms with Crippen molar-refractivity contribution in [3.63, 3.8) is 0 Å². The quantitative estimate of drug-likeness (QED) is 0.776. The molecule has 1 aliphatic carbocycles. The summed E-state index contributed by atoms with van der Waals surface area (Å²) < 4.78 is 5.64. The van der Waals surface area contributed by atoms with E-state index in [1.165, 1.54) is 6.42 Å². The number of carbonyl (C=O) groups is 2. The monoisotopic (exact) mass is 442 g/mol. The Kier molecular flexibility index (Phi) is 6.31. The maximum absolute atomic E-state index is 13.1. The van der Waals surface area contributed by atoms with Gasteiger partial charge in [-0.15, -0.1) is 0 Å². The molecule has 3 fully saturated rings. The number of fused-ring (bicyclic) bond motifs is 1. The Hall–Kier alpha value is -2.22. The van der Waals surface area contributed by atoms with Gasteiger partial charge in [-0.1, -0.05) is 19.3 Å². The zero-order chi connectivity index (χ0) is 22.1. The standard InChI is InChI=1S/C24H34N4O4/c29-22-17-11-13-27(23(30)16-7-2-1-3-8-16)15-18(17)25-21(26-22)19-9-4-5-12-28(19)24(31)20-10-6-14-32-20/h16,19-20H,1-15H2,(H,25,26,29)/t19-,20-/m1/s1. The first-order valence-electron chi connectivity index (χ1n) is 12.4. The second-order valence-corrected chi connectivity index (χ2v) is 9.77. The molecule has 0 unspecified atom stereocenters. The lowest BCUT2D eigenvalue weighted by atomic mass is 9.88. The molecule has 0 aromatic carbocycles. The summed E-state index contributed by atoms with van der Waals surface area (Å²) in [5.41, 5.74) is 1.27. The molecule has 174 valence electrons. The van der Waals surface area contributed by atoms with Crippen LogP contribution in [0.25, 0.3) is 0 Å². The Balaban J connectivity index is 1.37. The molecule has 8 nitrogen and oxygen atoms in total. The topological polar surface area (TPSA) is 95.6 Å². The summed E-state index contributed by atoms with van der Waals surface area (Å²) in [6.45, 7) is 2.28. The number of aromatic amines is 1. The molecule has 2 amide bonds. The van der Waals surface area contributed by atoms with Crippen LogP contribution < -0.4 is 5.56 Å². The van der Waals surface area contributed by atoms with E-state index in [-0.39, 0.29) is 35.4 Å². The van der Waals surface area contributed by atoms with Gasteiger partial charge in [-0.2, -0.15) is 0 Å². The molecule has 4 heterocycles. The summed E-state index contributed by atoms with van der Waals surface area (Å²) in [6.07, 6.45) is 9.97. The van der Waals surface area contributed by atoms with Crippen molar-refractivity contribution in [3.05, 3.63) is 27.4 Å². The lowest BCUT2D eigenvalue weighted by Crippen LogP contribution is -2.46. The van der Waals surface area contributed by atoms with E-state index in [4.69, 9.17) is 9.72 Å². The molecule has 0 bridgehead atoms. The van der Waals surface area contributed by atoms with Gasteiger partial charge in [0.2, 0.25) is 5.91 Å². The zero-order valence-corrected chi connectivity index (χ0v) is 18.8. The first-order chi connectivity index (χ1) is 15.6. The van der Waals surface area contributed by atoms with Crippen molar-refractivity contribution >= 4 is 11.8 Å². The van der Waals surface area contributed by atoms with Gasteiger partial charge in [0.15, 0.2) is 0 Å². The molecule has 5 rings (SSSR count). The smallest absolute Gasteiger partial charge is 0.254 e. The maximum atomic E-state index is 13.1. The van der Waals surface area contributed by atoms with Gasteiger partial charge in [0.25, 0.3) is 11.5 Å². The van der Waals surface area contributed by atoms with Crippen LogP contribution in [0.15, 0.2) is 4.79 Å². The molecule has 3 aliphatic heterocycles. The van der Waals surface area contributed by atoms with Gasteiger partial charge in [-0.05, 0) is 51.4 Å². The fourth-order valence-corrected chi connectivity index (χ4v) is 5.85. The van der Waals surface area contributed by atoms with Crippen LogP contribution in [0.3, 0.4) is 0 Å². The summed E-state index contributed by atoms with van der Waals surface area (Å²) in [7, 11) is 0. The summed E-state index contributed by atoms with van der Waals surface area (Å²) in [4.78, 5) is 50.7. The fraction of sp³-hybridized carbons (Fsp3) is 0.750. The second kappa shape index (κ2) is 9.33. The van der Waals surface area contributed by atoms with Gasteiger partial charge >= 0.3 is 0 Å². The summed E-state index contributed by atoms with van der Waals surface area (Å²) >= 11 is 0. The number of ether oxygens (including phenoxy) is 1. The predicted octanol–water partition coefficient (Wildman–Crippen LogP) is 2.47. The number of amides is 2. The number of rotatable bonds is 3. The molecule has 1 aromatic heterocycles. The van der Waals surface area contributed by atoms with Gasteiger partial charge in [0.1, 0.15) is 11.9 Å². The third kappa shape index (κ3) is 4.21. The van der Waals surface area contributed by atoms with E-state index in [0.29, 0.717) is 49.7 Å². The van der Waals surface area contributed by atoms with Crippen molar-refractivity contribution in [2.45, 2.75) is 89.3 Å². The molecular weight excluding hydrogens is 408 g/mol. The number of nitrogens with zero attached hydrogens (tertiary/aromatic N) is 3. The molecule has 4 aliphatic rings. The van der Waals surface area contributed by atoms with Crippen molar-refractivity contribution in [1.29, 1.82) is 0 Å². The van der Waals surface area contributed by atoms with Crippen molar-refractivity contribution in [1.82, 2.24) is 19.8 Å². The number of carbonyl (C=O) groups excluding carboxylic acids is 2. The van der Waals surface area contributed by atoms with Gasteiger partial charge in [0, 0.05) is 31.2 Å². The van der Waals surface area contributed by atoms with Crippen LogP contribution in [-0.4, -0.2) is 57.4 Å². The van der Waals surface area contributed by atoms with E-state index in [2.05, 4.69) is 4.98 Å². The van der Waals surface area contributed by atoms with Crippen molar-refractivity contribution in [3.8, 4) is 0 Å². The largest absolute Gasteiger partial charge is 0.368 e. The van der Waals surface area contributed by atoms with Crippen LogP contribution in [0.1, 0.15) is 87.3 Å². The van der Waals surface area contributed by atoms with Crippen LogP contribution in [0.2, 0.25) is 0 Å². The molecule has 2 saturated heterocycles. The van der Waals surface area contributed by atoms with Crippen molar-refractivity contribution < 1.29 is 14.3 Å². The highest BCUT2D eigenvalue weighted by Crippen LogP contribution is 2.32. The number of likely N-dealkylation sites (tertiary alicyclic amines) is 1. The highest BCUT2D eigenvalue weighted by molar-refractivity contribution is 5.81. The van der Waals surface area contributed by atoms with E-state index in [0.717, 1.165) is 57.8 Å². The predicted molar refractivity (Wildman–Crippen MR) is 118 cm³/mol. The van der Waals surface area contributed by atoms with Gasteiger partial charge < -0.3 is 19.5 Å². The van der Waals surface area contributed by atoms with Crippen LogP contribution in [0.5, 0.6) is 0 Å². The Morgan fingerprint density at radius 2 is 1.75 bits per heavy atom. The molecule has 1 aromatic rings. The average Bonchev–Trinajstić information content (AvgIpc) is 3.38. The first kappa shape index (κ1) is 21.6. The van der Waals surface area contributed by atoms with E-state index in [1.54, 1.807) is 0 Å². The Morgan fingerprint density at radius 3 is 2.53 bits per heavy atom. The second-order valence-electron chi connectivity index (χ2n) is 9.77. The van der Waals surface area contributed by atoms with Gasteiger partial charge in [-0.25, -0.2) is 4.98 Å². The van der Waals surface area contributed by atoms with Gasteiger partial charge in [-0.3, -0.25) is 14.4 Å². The summed E-state index contributed by atoms with van der Waals surface area (Å²) in [6, 6.07) is -0.233. The minimum absolute atomic E-state index is 0.0154. The number of hydrogen-bond acceptors (Lipinski definition) is 5. The van der Waals surface area contributed by atoms with Crippen molar-refractivity contribution in [2.75, 3.05) is 19.7 Å². The van der Waals surface area contributed by atoms with Crippen LogP contribution in [0, 0.1) is 5.92 Å². The maximum Gasteiger partial charge on any atom is 0.254 e. The zero-order valence-electron chi connectivity index (χ0n) is 18.8. The number of H-pyrrole nitrogens is 1. The lowest BCUT2D eigenvalue weighted by Gasteiger charge is -2.37. The third-order valence-electron chi connectivity index (χ3n) is 7.66. The van der Waals surface area contributed by atoms with Gasteiger partial charge in [0.05, 0.1) is 18.3 Å². The molecule has 0 radical (unpaired) electrons. The normalized spacial score (nSPS) is 26.8. The van der Waals surface area contributed by atoms with Crippen molar-refractivity contribution in [2.24, 2.45) is 5.92 Å². The molecule has 8 heteroatoms. The summed E-state index contributed by atoms with van der Waals surface area (Å²) in [5, 5.41) is 0. The Morgan fingerprint density at radius 1 is 0.938 bits per heavy atom. The third-order valence-corrected chi connectivity index (χ3v) is 7.66. The van der Waals surface area contributed by atoms with Crippen LogP contribution in [0.4, 0.5) is 0 Å². The molecule has 1 saturated carbocycles. The molecule has 0 spiro atoms. The molecule has 2 atom stereocenters. The van der Waals surface area contributed by atoms with Crippen LogP contribution in [-0.2, 0) is 27.3 Å². The van der Waals surface area contributed by atoms with E-state index >= 15 is 0 Å². The average molecular weight is 443 g/mol. The first-order valence-corrected chi connectivity index (χ1v) is 12.4. The Labute approximate surface area is 188 Å². The Bertz CT molecular complexity index is 917. The minimum Gasteiger partial charge on any atom is -0.368 e. The minimum atomic E-state index is -0.372. The lowest BCUT2D eigenvalue weighted by molar-refractivity contribution is -0.145. The molecule has 32 heavy (non-hydrogen) atoms. The van der Waals surface area contributed by atoms with E-state index < -0.39 is 0 Å². The summed E-state index contributed by atoms with van der Waals surface area (Å²) in [5.74, 6) is 0.907. The molecular formula is C24H34N4O4. The van der Waals surface area contributed by atoms with Crippen LogP contribution >= 0.6 is 0 Å². The van der Waals surface area contributed by atoms with E-state index in [9.17, 15) is 14.4 Å². The van der Waals surface area contributed by atoms with E-state index in [1.807, 2.05) is 9.80 Å². The fourth-order valence-electron chi connectivity index (χ4n) is 5.85. The highest BCUT2D eigenvalue weighted by Gasteiger charge is 2.37. The number of piperidine rings is 1. The number of hydrogen-bond donors (Lipinski definition) is 1.